The molecule has 0 bridgehead atoms. The van der Waals surface area contributed by atoms with Crippen LogP contribution in [0.5, 0.6) is 0 Å². The minimum atomic E-state index is -4.90. The summed E-state index contributed by atoms with van der Waals surface area (Å²) >= 11 is -4.90. The Balaban J connectivity index is 1.34. The van der Waals surface area contributed by atoms with Crippen molar-refractivity contribution in [3.8, 4) is 22.3 Å². The van der Waals surface area contributed by atoms with Crippen LogP contribution in [0.4, 0.5) is 0 Å². The molecule has 62 heavy (non-hydrogen) atoms. The molecular formula is C60H59HfSi. The van der Waals surface area contributed by atoms with Crippen LogP contribution < -0.4 is 10.4 Å². The van der Waals surface area contributed by atoms with Gasteiger partial charge in [0, 0.05) is 0 Å². The normalized spacial score (nSPS) is 16.5. The van der Waals surface area contributed by atoms with Gasteiger partial charge in [0.25, 0.3) is 0 Å². The second-order valence-corrected chi connectivity index (χ2v) is 61.2. The molecule has 2 heteroatoms. The van der Waals surface area contributed by atoms with E-state index in [-0.39, 0.29) is 0 Å². The third-order valence-electron chi connectivity index (χ3n) is 15.5. The molecule has 2 aliphatic rings. The summed E-state index contributed by atoms with van der Waals surface area (Å²) in [6.07, 6.45) is 10.3. The van der Waals surface area contributed by atoms with Crippen LogP contribution in [-0.4, -0.2) is 5.98 Å². The molecule has 0 aliphatic heterocycles. The quantitative estimate of drug-likeness (QED) is 0.101. The predicted octanol–water partition coefficient (Wildman–Crippen LogP) is 15.6. The number of rotatable bonds is 13. The molecule has 2 atom stereocenters. The van der Waals surface area contributed by atoms with Crippen LogP contribution in [0.15, 0.2) is 193 Å². The fraction of sp³-hybridized carbons (Fsp3) is 0.200. The molecule has 0 fully saturated rings. The van der Waals surface area contributed by atoms with Crippen molar-refractivity contribution in [3.05, 3.63) is 215 Å². The first-order valence-corrected chi connectivity index (χ1v) is 40.5. The van der Waals surface area contributed by atoms with E-state index >= 15 is 0 Å². The van der Waals surface area contributed by atoms with Crippen molar-refractivity contribution in [1.82, 2.24) is 0 Å². The Morgan fingerprint density at radius 3 is 1.21 bits per heavy atom. The van der Waals surface area contributed by atoms with Gasteiger partial charge in [0.05, 0.1) is 0 Å². The first-order chi connectivity index (χ1) is 30.5. The number of allylic oxidation sites excluding steroid dienone is 2. The Bertz CT molecular complexity index is 2780. The first kappa shape index (κ1) is 40.9. The van der Waals surface area contributed by atoms with E-state index in [2.05, 4.69) is 222 Å². The molecule has 0 heterocycles. The van der Waals surface area contributed by atoms with Gasteiger partial charge < -0.3 is 0 Å². The molecule has 0 spiro atoms. The van der Waals surface area contributed by atoms with Gasteiger partial charge in [-0.2, -0.15) is 0 Å². The van der Waals surface area contributed by atoms with E-state index in [1.165, 1.54) is 89.0 Å². The van der Waals surface area contributed by atoms with Crippen molar-refractivity contribution in [2.75, 3.05) is 0 Å². The van der Waals surface area contributed by atoms with Gasteiger partial charge in [-0.1, -0.05) is 0 Å². The minimum absolute atomic E-state index is 0.424. The molecule has 8 aromatic rings. The summed E-state index contributed by atoms with van der Waals surface area (Å²) in [5, 5.41) is 8.59. The molecule has 0 radical (unpaired) electrons. The first-order valence-electron chi connectivity index (χ1n) is 23.3. The molecular weight excluding hydrogens is 927 g/mol. The van der Waals surface area contributed by atoms with E-state index in [4.69, 9.17) is 0 Å². The SMILES string of the molecule is CCC[CH2][Hf]([CH2]CCC)([CH]1C(C)=Cc2c(-c3cccc4ccccc34)cccc21)([CH]1C(C)=Cc2c(-c3cccc4ccccc34)cccc21)[SiH](c1ccccc1)c1ccccc1. The molecule has 0 saturated heterocycles. The Morgan fingerprint density at radius 2 is 0.774 bits per heavy atom. The van der Waals surface area contributed by atoms with Crippen LogP contribution in [0.25, 0.3) is 56.0 Å². The molecule has 0 amide bonds. The van der Waals surface area contributed by atoms with Crippen LogP contribution in [0.1, 0.15) is 83.0 Å². The zero-order valence-corrected chi connectivity index (χ0v) is 41.7. The van der Waals surface area contributed by atoms with Crippen LogP contribution in [0.2, 0.25) is 8.35 Å². The third kappa shape index (κ3) is 6.46. The van der Waals surface area contributed by atoms with Gasteiger partial charge in [0.15, 0.2) is 0 Å². The van der Waals surface area contributed by atoms with E-state index < -0.39 is 23.7 Å². The maximum atomic E-state index is 2.69. The predicted molar refractivity (Wildman–Crippen MR) is 270 cm³/mol. The van der Waals surface area contributed by atoms with Crippen molar-refractivity contribution in [1.29, 1.82) is 0 Å². The summed E-state index contributed by atoms with van der Waals surface area (Å²) in [4.78, 5) is 0. The molecule has 0 N–H and O–H groups in total. The fourth-order valence-corrected chi connectivity index (χ4v) is 96.2. The molecule has 2 unspecified atom stereocenters. The monoisotopic (exact) mass is 987 g/mol. The van der Waals surface area contributed by atoms with Crippen LogP contribution in [0, 0.1) is 0 Å². The van der Waals surface area contributed by atoms with Crippen LogP contribution in [0.3, 0.4) is 0 Å². The number of fused-ring (bicyclic) bond motifs is 4. The van der Waals surface area contributed by atoms with Gasteiger partial charge in [-0.05, 0) is 0 Å². The zero-order valence-electron chi connectivity index (χ0n) is 36.9. The van der Waals surface area contributed by atoms with Gasteiger partial charge in [-0.25, -0.2) is 0 Å². The summed E-state index contributed by atoms with van der Waals surface area (Å²) in [5.74, 6) is -2.02. The van der Waals surface area contributed by atoms with E-state index in [1.54, 1.807) is 32.6 Å². The van der Waals surface area contributed by atoms with Gasteiger partial charge >= 0.3 is 374 Å². The molecule has 0 nitrogen and oxygen atoms in total. The summed E-state index contributed by atoms with van der Waals surface area (Å²) in [6.45, 7) is 10.0. The number of benzene rings is 8. The van der Waals surface area contributed by atoms with Crippen LogP contribution in [-0.2, 0) is 17.7 Å². The van der Waals surface area contributed by atoms with Crippen molar-refractivity contribution >= 4 is 50.1 Å². The standard InChI is InChI=1S/2C20H15.C12H11Si.2C4H9.Hf/c2*1-14-12-16-8-5-11-19(20(16)13-14)18-10-4-7-15-6-2-3-9-17(15)18;1-3-7-11(8-4-1)13-12-9-5-2-6-10-12;2*1-3-4-2;/h2*2-13H,1H3;1-10,13H;2*1,3-4H2,2H3;. The molecule has 2 aliphatic carbocycles. The zero-order chi connectivity index (χ0) is 42.3. The van der Waals surface area contributed by atoms with E-state index in [0.717, 1.165) is 0 Å². The number of unbranched alkanes of at least 4 members (excludes halogenated alkanes) is 2. The summed E-state index contributed by atoms with van der Waals surface area (Å²) in [6, 6.07) is 70.9. The Labute approximate surface area is 371 Å². The maximum absolute atomic E-state index is 4.90. The molecule has 8 aromatic carbocycles. The average Bonchev–Trinajstić information content (AvgIpc) is 3.87. The fourth-order valence-electron chi connectivity index (χ4n) is 13.5. The summed E-state index contributed by atoms with van der Waals surface area (Å²) in [7, 11) is 0. The van der Waals surface area contributed by atoms with E-state index in [1.807, 2.05) is 0 Å². The number of hydrogen-bond acceptors (Lipinski definition) is 0. The van der Waals surface area contributed by atoms with E-state index in [9.17, 15) is 0 Å². The van der Waals surface area contributed by atoms with Gasteiger partial charge in [-0.3, -0.25) is 0 Å². The Hall–Kier alpha value is -5.15. The third-order valence-corrected chi connectivity index (χ3v) is 79.9. The van der Waals surface area contributed by atoms with Gasteiger partial charge in [-0.15, -0.1) is 0 Å². The van der Waals surface area contributed by atoms with Crippen molar-refractivity contribution < 1.29 is 17.7 Å². The van der Waals surface area contributed by atoms with Crippen molar-refractivity contribution in [2.45, 2.75) is 69.1 Å². The Morgan fingerprint density at radius 1 is 0.403 bits per heavy atom. The molecule has 0 aromatic heterocycles. The van der Waals surface area contributed by atoms with Crippen molar-refractivity contribution in [2.24, 2.45) is 0 Å². The van der Waals surface area contributed by atoms with Crippen LogP contribution >= 0.6 is 0 Å². The second-order valence-electron chi connectivity index (χ2n) is 18.7. The van der Waals surface area contributed by atoms with Crippen molar-refractivity contribution in [3.63, 3.8) is 0 Å². The molecule has 0 saturated carbocycles. The molecule has 10 rings (SSSR count). The summed E-state index contributed by atoms with van der Waals surface area (Å²) < 4.78 is 3.59. The van der Waals surface area contributed by atoms with E-state index in [0.29, 0.717) is 7.35 Å². The summed E-state index contributed by atoms with van der Waals surface area (Å²) in [5.41, 5.74) is 14.9. The second kappa shape index (κ2) is 16.9. The Kier molecular flexibility index (Phi) is 11.1. The average molecular weight is 987 g/mol. The molecule has 307 valence electrons. The number of hydrogen-bond donors (Lipinski definition) is 0. The topological polar surface area (TPSA) is 0 Å². The van der Waals surface area contributed by atoms with Gasteiger partial charge in [0.2, 0.25) is 0 Å². The van der Waals surface area contributed by atoms with Gasteiger partial charge in [0.1, 0.15) is 0 Å².